The molecule has 0 bridgehead atoms. The van der Waals surface area contributed by atoms with Gasteiger partial charge in [-0.3, -0.25) is 4.67 Å². The molecule has 1 nitrogen and oxygen atoms in total. The lowest BCUT2D eigenvalue weighted by Gasteiger charge is -2.13. The monoisotopic (exact) mass is 173 g/mol. The summed E-state index contributed by atoms with van der Waals surface area (Å²) in [6.07, 6.45) is 8.59. The summed E-state index contributed by atoms with van der Waals surface area (Å²) in [6, 6.07) is 0. The Hall–Kier alpha value is 0.390. The molecule has 0 spiro atoms. The van der Waals surface area contributed by atoms with E-state index in [1.165, 1.54) is 51.4 Å². The average Bonchev–Trinajstić information content (AvgIpc) is 2.50. The van der Waals surface area contributed by atoms with Crippen molar-refractivity contribution in [2.45, 2.75) is 39.0 Å². The van der Waals surface area contributed by atoms with Crippen LogP contribution in [0.2, 0.25) is 0 Å². The molecule has 11 heavy (non-hydrogen) atoms. The van der Waals surface area contributed by atoms with Crippen molar-refractivity contribution in [2.75, 3.05) is 19.3 Å². The molecule has 1 rings (SSSR count). The van der Waals surface area contributed by atoms with Crippen LogP contribution in [0.4, 0.5) is 0 Å². The highest BCUT2D eigenvalue weighted by Gasteiger charge is 2.09. The first kappa shape index (κ1) is 9.48. The summed E-state index contributed by atoms with van der Waals surface area (Å²) in [6.45, 7) is 5.04. The highest BCUT2D eigenvalue weighted by atomic mass is 31.1. The lowest BCUT2D eigenvalue weighted by atomic mass is 10.3. The average molecular weight is 173 g/mol. The van der Waals surface area contributed by atoms with E-state index in [0.717, 1.165) is 8.73 Å². The molecule has 0 aromatic rings. The normalized spacial score (nSPS) is 20.5. The first-order valence-corrected chi connectivity index (χ1v) is 6.07. The molecule has 1 atom stereocenters. The van der Waals surface area contributed by atoms with Crippen LogP contribution in [0.3, 0.4) is 0 Å². The fraction of sp³-hybridized carbons (Fsp3) is 1.00. The van der Waals surface area contributed by atoms with Crippen molar-refractivity contribution in [3.8, 4) is 0 Å². The zero-order chi connectivity index (χ0) is 7.94. The van der Waals surface area contributed by atoms with Crippen LogP contribution in [-0.4, -0.2) is 23.9 Å². The zero-order valence-electron chi connectivity index (χ0n) is 7.60. The van der Waals surface area contributed by atoms with Gasteiger partial charge in [0, 0.05) is 13.1 Å². The van der Waals surface area contributed by atoms with E-state index in [-0.39, 0.29) is 0 Å². The van der Waals surface area contributed by atoms with E-state index >= 15 is 0 Å². The third-order valence-electron chi connectivity index (χ3n) is 2.22. The van der Waals surface area contributed by atoms with Crippen LogP contribution < -0.4 is 0 Å². The fourth-order valence-corrected chi connectivity index (χ4v) is 2.84. The molecule has 1 saturated heterocycles. The van der Waals surface area contributed by atoms with Crippen molar-refractivity contribution in [1.29, 1.82) is 0 Å². The predicted molar refractivity (Wildman–Crippen MR) is 53.5 cm³/mol. The number of nitrogens with zero attached hydrogens (tertiary/aromatic N) is 1. The summed E-state index contributed by atoms with van der Waals surface area (Å²) in [5.41, 5.74) is 0. The van der Waals surface area contributed by atoms with Gasteiger partial charge < -0.3 is 0 Å². The number of hydrogen-bond acceptors (Lipinski definition) is 1. The van der Waals surface area contributed by atoms with Gasteiger partial charge in [0.05, 0.1) is 0 Å². The first-order valence-electron chi connectivity index (χ1n) is 4.92. The molecule has 66 valence electrons. The van der Waals surface area contributed by atoms with Crippen LogP contribution in [0.1, 0.15) is 39.0 Å². The molecular weight excluding hydrogens is 153 g/mol. The van der Waals surface area contributed by atoms with Crippen LogP contribution in [0.5, 0.6) is 0 Å². The van der Waals surface area contributed by atoms with Crippen molar-refractivity contribution in [3.63, 3.8) is 0 Å². The molecule has 1 fully saturated rings. The maximum absolute atomic E-state index is 2.63. The van der Waals surface area contributed by atoms with Crippen molar-refractivity contribution in [3.05, 3.63) is 0 Å². The minimum atomic E-state index is 1.13. The van der Waals surface area contributed by atoms with Crippen LogP contribution >= 0.6 is 8.73 Å². The van der Waals surface area contributed by atoms with Crippen molar-refractivity contribution >= 4 is 8.73 Å². The molecule has 1 unspecified atom stereocenters. The van der Waals surface area contributed by atoms with E-state index < -0.39 is 0 Å². The minimum absolute atomic E-state index is 1.13. The summed E-state index contributed by atoms with van der Waals surface area (Å²) in [7, 11) is 1.13. The van der Waals surface area contributed by atoms with Gasteiger partial charge in [0.25, 0.3) is 0 Å². The van der Waals surface area contributed by atoms with E-state index in [1.54, 1.807) is 0 Å². The van der Waals surface area contributed by atoms with Gasteiger partial charge in [0.2, 0.25) is 0 Å². The Morgan fingerprint density at radius 3 is 2.55 bits per heavy atom. The number of rotatable bonds is 5. The van der Waals surface area contributed by atoms with E-state index in [0.29, 0.717) is 0 Å². The zero-order valence-corrected chi connectivity index (χ0v) is 8.60. The first-order chi connectivity index (χ1) is 5.43. The second kappa shape index (κ2) is 5.97. The lowest BCUT2D eigenvalue weighted by molar-refractivity contribution is 0.573. The van der Waals surface area contributed by atoms with Gasteiger partial charge in [0.15, 0.2) is 0 Å². The van der Waals surface area contributed by atoms with Crippen LogP contribution in [0.15, 0.2) is 0 Å². The van der Waals surface area contributed by atoms with Gasteiger partial charge in [0.1, 0.15) is 0 Å². The molecule has 0 N–H and O–H groups in total. The molecule has 2 heteroatoms. The van der Waals surface area contributed by atoms with E-state index in [1.807, 2.05) is 0 Å². The van der Waals surface area contributed by atoms with Gasteiger partial charge in [-0.15, -0.1) is 0 Å². The largest absolute Gasteiger partial charge is 0.285 e. The predicted octanol–water partition coefficient (Wildman–Crippen LogP) is 2.87. The summed E-state index contributed by atoms with van der Waals surface area (Å²) < 4.78 is 2.63. The molecule has 0 radical (unpaired) electrons. The molecule has 0 saturated carbocycles. The van der Waals surface area contributed by atoms with E-state index in [9.17, 15) is 0 Å². The summed E-state index contributed by atoms with van der Waals surface area (Å²) in [5.74, 6) is 0. The van der Waals surface area contributed by atoms with E-state index in [2.05, 4.69) is 11.6 Å². The van der Waals surface area contributed by atoms with Gasteiger partial charge >= 0.3 is 0 Å². The Labute approximate surface area is 72.4 Å². The van der Waals surface area contributed by atoms with Crippen LogP contribution in [0, 0.1) is 0 Å². The minimum Gasteiger partial charge on any atom is -0.285 e. The summed E-state index contributed by atoms with van der Waals surface area (Å²) >= 11 is 0. The Balaban J connectivity index is 1.86. The third-order valence-corrected chi connectivity index (χ3v) is 3.69. The molecule has 1 aliphatic heterocycles. The molecule has 1 heterocycles. The Morgan fingerprint density at radius 2 is 1.91 bits per heavy atom. The smallest absolute Gasteiger partial charge is 0.00191 e. The molecule has 0 aromatic heterocycles. The van der Waals surface area contributed by atoms with Crippen molar-refractivity contribution < 1.29 is 0 Å². The topological polar surface area (TPSA) is 3.24 Å². The highest BCUT2D eigenvalue weighted by Crippen LogP contribution is 2.24. The SMILES string of the molecule is CCCCCPN1CCCC1. The highest BCUT2D eigenvalue weighted by molar-refractivity contribution is 7.35. The Bertz CT molecular complexity index is 89.6. The summed E-state index contributed by atoms with van der Waals surface area (Å²) in [4.78, 5) is 0. The second-order valence-corrected chi connectivity index (χ2v) is 4.76. The Kier molecular flexibility index (Phi) is 5.14. The van der Waals surface area contributed by atoms with Gasteiger partial charge in [-0.1, -0.05) is 28.5 Å². The third kappa shape index (κ3) is 4.08. The van der Waals surface area contributed by atoms with Crippen LogP contribution in [0.25, 0.3) is 0 Å². The molecule has 1 aliphatic rings. The van der Waals surface area contributed by atoms with Crippen LogP contribution in [-0.2, 0) is 0 Å². The molecule has 0 aliphatic carbocycles. The second-order valence-electron chi connectivity index (χ2n) is 3.31. The number of unbranched alkanes of at least 4 members (excludes halogenated alkanes) is 2. The van der Waals surface area contributed by atoms with E-state index in [4.69, 9.17) is 0 Å². The maximum atomic E-state index is 2.63. The van der Waals surface area contributed by atoms with Crippen molar-refractivity contribution in [2.24, 2.45) is 0 Å². The standard InChI is InChI=1S/C9H20NP/c1-2-3-6-9-11-10-7-4-5-8-10/h11H,2-9H2,1H3. The Morgan fingerprint density at radius 1 is 1.18 bits per heavy atom. The molecular formula is C9H20NP. The molecule has 0 aromatic carbocycles. The fourth-order valence-electron chi connectivity index (χ4n) is 1.49. The summed E-state index contributed by atoms with van der Waals surface area (Å²) in [5, 5.41) is 0. The quantitative estimate of drug-likeness (QED) is 0.456. The number of hydrogen-bond donors (Lipinski definition) is 0. The van der Waals surface area contributed by atoms with Gasteiger partial charge in [-0.05, 0) is 25.4 Å². The van der Waals surface area contributed by atoms with Gasteiger partial charge in [-0.2, -0.15) is 0 Å². The molecule has 0 amide bonds. The maximum Gasteiger partial charge on any atom is 0.00191 e. The lowest BCUT2D eigenvalue weighted by Crippen LogP contribution is -2.07. The van der Waals surface area contributed by atoms with Gasteiger partial charge in [-0.25, -0.2) is 0 Å². The van der Waals surface area contributed by atoms with Crippen molar-refractivity contribution in [1.82, 2.24) is 4.67 Å².